The van der Waals surface area contributed by atoms with E-state index in [1.54, 1.807) is 7.11 Å². The lowest BCUT2D eigenvalue weighted by atomic mass is 9.87. The van der Waals surface area contributed by atoms with E-state index in [9.17, 15) is 5.26 Å². The van der Waals surface area contributed by atoms with Crippen LogP contribution in [-0.4, -0.2) is 23.4 Å². The summed E-state index contributed by atoms with van der Waals surface area (Å²) in [5.41, 5.74) is 4.58. The minimum Gasteiger partial charge on any atom is -0.343 e. The van der Waals surface area contributed by atoms with E-state index in [0.29, 0.717) is 11.6 Å². The number of hydrogen-bond donors (Lipinski definition) is 0. The van der Waals surface area contributed by atoms with Crippen LogP contribution in [-0.2, 0) is 10.2 Å². The van der Waals surface area contributed by atoms with Crippen molar-refractivity contribution in [2.75, 3.05) is 16.9 Å². The Morgan fingerprint density at radius 1 is 1.00 bits per heavy atom. The van der Waals surface area contributed by atoms with Crippen molar-refractivity contribution in [1.82, 2.24) is 9.97 Å². The molecular weight excluding hydrogens is 374 g/mol. The number of hydrogen-bond acceptors (Lipinski definition) is 6. The molecule has 6 heteroatoms. The van der Waals surface area contributed by atoms with Crippen molar-refractivity contribution < 1.29 is 4.74 Å². The van der Waals surface area contributed by atoms with Gasteiger partial charge in [-0.15, -0.1) is 0 Å². The molecule has 1 aliphatic rings. The third-order valence-electron chi connectivity index (χ3n) is 5.35. The van der Waals surface area contributed by atoms with Crippen LogP contribution in [0.5, 0.6) is 0 Å². The van der Waals surface area contributed by atoms with E-state index in [1.165, 1.54) is 11.8 Å². The van der Waals surface area contributed by atoms with Crippen LogP contribution in [0, 0.1) is 18.3 Å². The number of fused-ring (bicyclic) bond motifs is 1. The minimum absolute atomic E-state index is 0.0663. The molecule has 3 aromatic rings. The number of nitriles is 1. The zero-order valence-electron chi connectivity index (χ0n) is 17.9. The molecule has 2 aromatic carbocycles. The highest BCUT2D eigenvalue weighted by Crippen LogP contribution is 2.46. The SMILES string of the molecule is COC1N(c2ccc(C(C)(C)C)cc2)c2ncc(C#N)nc2N1c1ccccc1C. The number of benzene rings is 2. The van der Waals surface area contributed by atoms with Crippen molar-refractivity contribution in [3.63, 3.8) is 0 Å². The highest BCUT2D eigenvalue weighted by molar-refractivity contribution is 5.83. The van der Waals surface area contributed by atoms with Crippen LogP contribution in [0.1, 0.15) is 37.6 Å². The normalized spacial score (nSPS) is 15.8. The van der Waals surface area contributed by atoms with Gasteiger partial charge >= 0.3 is 0 Å². The monoisotopic (exact) mass is 399 g/mol. The Hall–Kier alpha value is -3.43. The zero-order valence-corrected chi connectivity index (χ0v) is 17.9. The summed E-state index contributed by atoms with van der Waals surface area (Å²) in [5.74, 6) is 1.27. The standard InChI is InChI=1S/C24H25N5O/c1-16-8-6-7-9-20(16)29-22-21(26-15-18(14-25)27-22)28(23(29)30-5)19-12-10-17(11-13-19)24(2,3)4/h6-13,15,23H,1-5H3. The molecule has 0 saturated carbocycles. The molecule has 6 nitrogen and oxygen atoms in total. The van der Waals surface area contributed by atoms with Gasteiger partial charge < -0.3 is 4.74 Å². The van der Waals surface area contributed by atoms with Crippen molar-refractivity contribution >= 4 is 23.0 Å². The van der Waals surface area contributed by atoms with E-state index in [0.717, 1.165) is 16.9 Å². The molecule has 1 atom stereocenters. The number of anilines is 4. The summed E-state index contributed by atoms with van der Waals surface area (Å²) in [4.78, 5) is 13.2. The van der Waals surface area contributed by atoms with Gasteiger partial charge in [-0.05, 0) is 41.7 Å². The largest absolute Gasteiger partial charge is 0.343 e. The fourth-order valence-electron chi connectivity index (χ4n) is 3.73. The minimum atomic E-state index is -0.476. The van der Waals surface area contributed by atoms with Crippen LogP contribution in [0.15, 0.2) is 54.7 Å². The molecule has 30 heavy (non-hydrogen) atoms. The molecule has 152 valence electrons. The van der Waals surface area contributed by atoms with Crippen LogP contribution >= 0.6 is 0 Å². The Kier molecular flexibility index (Phi) is 4.92. The molecule has 0 amide bonds. The van der Waals surface area contributed by atoms with Gasteiger partial charge in [0, 0.05) is 18.5 Å². The van der Waals surface area contributed by atoms with Crippen molar-refractivity contribution in [1.29, 1.82) is 5.26 Å². The second-order valence-electron chi connectivity index (χ2n) is 8.40. The van der Waals surface area contributed by atoms with Crippen LogP contribution < -0.4 is 9.80 Å². The summed E-state index contributed by atoms with van der Waals surface area (Å²) < 4.78 is 5.94. The number of para-hydroxylation sites is 1. The summed E-state index contributed by atoms with van der Waals surface area (Å²) in [6.45, 7) is 8.63. The molecule has 2 heterocycles. The first-order valence-corrected chi connectivity index (χ1v) is 9.89. The third kappa shape index (κ3) is 3.27. The fourth-order valence-corrected chi connectivity index (χ4v) is 3.73. The highest BCUT2D eigenvalue weighted by atomic mass is 16.5. The summed E-state index contributed by atoms with van der Waals surface area (Å²) in [7, 11) is 1.67. The van der Waals surface area contributed by atoms with Gasteiger partial charge in [0.1, 0.15) is 6.07 Å². The quantitative estimate of drug-likeness (QED) is 0.605. The van der Waals surface area contributed by atoms with Gasteiger partial charge in [0.25, 0.3) is 0 Å². The molecule has 0 radical (unpaired) electrons. The van der Waals surface area contributed by atoms with Crippen molar-refractivity contribution in [3.05, 3.63) is 71.5 Å². The molecule has 1 aromatic heterocycles. The zero-order chi connectivity index (χ0) is 21.5. The molecule has 1 unspecified atom stereocenters. The van der Waals surface area contributed by atoms with Crippen LogP contribution in [0.2, 0.25) is 0 Å². The molecule has 0 spiro atoms. The van der Waals surface area contributed by atoms with Gasteiger partial charge in [-0.3, -0.25) is 9.80 Å². The van der Waals surface area contributed by atoms with E-state index in [4.69, 9.17) is 4.74 Å². The molecule has 1 aliphatic heterocycles. The highest BCUT2D eigenvalue weighted by Gasteiger charge is 2.41. The molecule has 0 saturated heterocycles. The van der Waals surface area contributed by atoms with E-state index >= 15 is 0 Å². The Morgan fingerprint density at radius 2 is 1.70 bits per heavy atom. The Labute approximate surface area is 177 Å². The first-order valence-electron chi connectivity index (χ1n) is 9.89. The van der Waals surface area contributed by atoms with E-state index in [1.807, 2.05) is 41.0 Å². The van der Waals surface area contributed by atoms with Gasteiger partial charge in [-0.25, -0.2) is 9.97 Å². The Morgan fingerprint density at radius 3 is 2.30 bits per heavy atom. The maximum atomic E-state index is 9.38. The predicted octanol–water partition coefficient (Wildman–Crippen LogP) is 5.17. The maximum absolute atomic E-state index is 9.38. The number of aryl methyl sites for hydroxylation is 1. The van der Waals surface area contributed by atoms with Crippen molar-refractivity contribution in [2.45, 2.75) is 39.5 Å². The van der Waals surface area contributed by atoms with Gasteiger partial charge in [0.2, 0.25) is 6.35 Å². The van der Waals surface area contributed by atoms with Crippen molar-refractivity contribution in [3.8, 4) is 6.07 Å². The topological polar surface area (TPSA) is 65.3 Å². The predicted molar refractivity (Wildman–Crippen MR) is 118 cm³/mol. The smallest absolute Gasteiger partial charge is 0.221 e. The lowest BCUT2D eigenvalue weighted by Gasteiger charge is -2.31. The van der Waals surface area contributed by atoms with Crippen LogP contribution in [0.4, 0.5) is 23.0 Å². The molecule has 0 bridgehead atoms. The summed E-state index contributed by atoms with van der Waals surface area (Å²) in [6.07, 6.45) is 1.03. The van der Waals surface area contributed by atoms with Gasteiger partial charge in [-0.2, -0.15) is 5.26 Å². The van der Waals surface area contributed by atoms with Crippen LogP contribution in [0.3, 0.4) is 0 Å². The molecular formula is C24H25N5O. The molecule has 0 N–H and O–H groups in total. The summed E-state index contributed by atoms with van der Waals surface area (Å²) in [5, 5.41) is 9.38. The Balaban J connectivity index is 1.88. The molecule has 0 aliphatic carbocycles. The summed E-state index contributed by atoms with van der Waals surface area (Å²) >= 11 is 0. The van der Waals surface area contributed by atoms with Gasteiger partial charge in [0.05, 0.1) is 6.20 Å². The summed E-state index contributed by atoms with van der Waals surface area (Å²) in [6, 6.07) is 18.6. The fraction of sp³-hybridized carbons (Fsp3) is 0.292. The number of methoxy groups -OCH3 is 1. The second-order valence-corrected chi connectivity index (χ2v) is 8.40. The lowest BCUT2D eigenvalue weighted by molar-refractivity contribution is 0.118. The number of ether oxygens (including phenoxy) is 1. The second kappa shape index (κ2) is 7.43. The average Bonchev–Trinajstić information content (AvgIpc) is 3.06. The Bertz CT molecular complexity index is 1110. The van der Waals surface area contributed by atoms with E-state index < -0.39 is 6.35 Å². The number of rotatable bonds is 3. The molecule has 0 fully saturated rings. The lowest BCUT2D eigenvalue weighted by Crippen LogP contribution is -2.40. The third-order valence-corrected chi connectivity index (χ3v) is 5.35. The van der Waals surface area contributed by atoms with Gasteiger partial charge in [0.15, 0.2) is 17.3 Å². The van der Waals surface area contributed by atoms with Crippen LogP contribution in [0.25, 0.3) is 0 Å². The molecule has 4 rings (SSSR count). The van der Waals surface area contributed by atoms with Crippen molar-refractivity contribution in [2.24, 2.45) is 0 Å². The maximum Gasteiger partial charge on any atom is 0.221 e. The van der Waals surface area contributed by atoms with E-state index in [2.05, 4.69) is 61.1 Å². The first kappa shape index (κ1) is 19.9. The van der Waals surface area contributed by atoms with Gasteiger partial charge in [-0.1, -0.05) is 51.1 Å². The number of aromatic nitrogens is 2. The number of nitrogens with zero attached hydrogens (tertiary/aromatic N) is 5. The first-order chi connectivity index (χ1) is 14.3. The average molecular weight is 399 g/mol. The van der Waals surface area contributed by atoms with E-state index in [-0.39, 0.29) is 11.1 Å².